The second kappa shape index (κ2) is 9.11. The molecule has 136 valence electrons. The van der Waals surface area contributed by atoms with E-state index < -0.39 is 0 Å². The fourth-order valence-electron chi connectivity index (χ4n) is 3.06. The number of ether oxygens (including phenoxy) is 2. The summed E-state index contributed by atoms with van der Waals surface area (Å²) in [5.41, 5.74) is 3.48. The van der Waals surface area contributed by atoms with E-state index in [0.29, 0.717) is 6.61 Å². The van der Waals surface area contributed by atoms with Gasteiger partial charge in [-0.2, -0.15) is 0 Å². The predicted octanol–water partition coefficient (Wildman–Crippen LogP) is 3.93. The first-order valence-corrected chi connectivity index (χ1v) is 8.93. The van der Waals surface area contributed by atoms with Crippen LogP contribution in [0.25, 0.3) is 0 Å². The fraction of sp³-hybridized carbons (Fsp3) is 0.273. The molecule has 26 heavy (non-hydrogen) atoms. The average molecular weight is 350 g/mol. The molecule has 0 spiro atoms. The summed E-state index contributed by atoms with van der Waals surface area (Å²) in [6.45, 7) is 3.54. The molecule has 0 aliphatic carbocycles. The third-order valence-electron chi connectivity index (χ3n) is 4.53. The molecule has 0 fully saturated rings. The van der Waals surface area contributed by atoms with Crippen LogP contribution in [0, 0.1) is 0 Å². The summed E-state index contributed by atoms with van der Waals surface area (Å²) < 4.78 is 10.7. The van der Waals surface area contributed by atoms with Crippen LogP contribution < -0.4 is 15.4 Å². The molecule has 2 atom stereocenters. The van der Waals surface area contributed by atoms with E-state index in [1.807, 2.05) is 30.3 Å². The molecule has 0 saturated heterocycles. The Morgan fingerprint density at radius 1 is 1.08 bits per heavy atom. The number of nitrogens with one attached hydrogen (secondary N) is 2. The van der Waals surface area contributed by atoms with Crippen LogP contribution in [0.5, 0.6) is 5.75 Å². The molecule has 3 rings (SSSR count). The topological polar surface area (TPSA) is 42.5 Å². The zero-order chi connectivity index (χ0) is 18.2. The van der Waals surface area contributed by atoms with Crippen molar-refractivity contribution in [2.75, 3.05) is 13.7 Å². The van der Waals surface area contributed by atoms with Gasteiger partial charge in [-0.1, -0.05) is 48.5 Å². The van der Waals surface area contributed by atoms with Gasteiger partial charge in [0.25, 0.3) is 0 Å². The van der Waals surface area contributed by atoms with Crippen molar-refractivity contribution in [3.05, 3.63) is 89.8 Å². The smallest absolute Gasteiger partial charge is 0.123 e. The van der Waals surface area contributed by atoms with Gasteiger partial charge < -0.3 is 20.1 Å². The number of hydrogen-bond acceptors (Lipinski definition) is 4. The van der Waals surface area contributed by atoms with Crippen LogP contribution in [-0.4, -0.2) is 19.8 Å². The Morgan fingerprint density at radius 3 is 2.58 bits per heavy atom. The van der Waals surface area contributed by atoms with Crippen LogP contribution in [0.4, 0.5) is 0 Å². The van der Waals surface area contributed by atoms with Gasteiger partial charge in [0.1, 0.15) is 12.4 Å². The van der Waals surface area contributed by atoms with E-state index >= 15 is 0 Å². The molecule has 2 unspecified atom stereocenters. The van der Waals surface area contributed by atoms with Crippen LogP contribution in [0.2, 0.25) is 0 Å². The zero-order valence-corrected chi connectivity index (χ0v) is 15.3. The van der Waals surface area contributed by atoms with Crippen LogP contribution in [0.15, 0.2) is 78.7 Å². The molecule has 4 nitrogen and oxygen atoms in total. The molecular formula is C22H26N2O2. The number of para-hydroxylation sites is 1. The highest BCUT2D eigenvalue weighted by atomic mass is 16.5. The van der Waals surface area contributed by atoms with Crippen LogP contribution >= 0.6 is 0 Å². The van der Waals surface area contributed by atoms with Crippen LogP contribution in [0.3, 0.4) is 0 Å². The van der Waals surface area contributed by atoms with Crippen molar-refractivity contribution in [3.8, 4) is 5.75 Å². The Labute approximate surface area is 155 Å². The molecule has 2 aromatic carbocycles. The maximum Gasteiger partial charge on any atom is 0.123 e. The summed E-state index contributed by atoms with van der Waals surface area (Å²) in [5, 5.41) is 7.27. The van der Waals surface area contributed by atoms with Gasteiger partial charge in [-0.25, -0.2) is 0 Å². The first-order chi connectivity index (χ1) is 12.8. The average Bonchev–Trinajstić information content (AvgIpc) is 2.72. The maximum atomic E-state index is 5.46. The highest BCUT2D eigenvalue weighted by Gasteiger charge is 2.20. The SMILES string of the molecule is COc1ccccc1CNC(C)C(NC1=CCOC=C1)c1ccccc1. The molecular weight excluding hydrogens is 324 g/mol. The van der Waals surface area contributed by atoms with Gasteiger partial charge in [0.05, 0.1) is 19.4 Å². The van der Waals surface area contributed by atoms with E-state index in [1.165, 1.54) is 5.56 Å². The Morgan fingerprint density at radius 2 is 1.85 bits per heavy atom. The highest BCUT2D eigenvalue weighted by Crippen LogP contribution is 2.21. The van der Waals surface area contributed by atoms with Crippen molar-refractivity contribution >= 4 is 0 Å². The molecule has 1 aliphatic rings. The molecule has 1 aliphatic heterocycles. The second-order valence-electron chi connectivity index (χ2n) is 6.31. The third-order valence-corrected chi connectivity index (χ3v) is 4.53. The minimum Gasteiger partial charge on any atom is -0.497 e. The minimum absolute atomic E-state index is 0.139. The lowest BCUT2D eigenvalue weighted by molar-refractivity contribution is 0.281. The highest BCUT2D eigenvalue weighted by molar-refractivity contribution is 5.33. The zero-order valence-electron chi connectivity index (χ0n) is 15.3. The maximum absolute atomic E-state index is 5.46. The van der Waals surface area contributed by atoms with Gasteiger partial charge in [0.2, 0.25) is 0 Å². The molecule has 4 heteroatoms. The van der Waals surface area contributed by atoms with Crippen LogP contribution in [-0.2, 0) is 11.3 Å². The van der Waals surface area contributed by atoms with Crippen molar-refractivity contribution < 1.29 is 9.47 Å². The molecule has 0 saturated carbocycles. The molecule has 0 aromatic heterocycles. The van der Waals surface area contributed by atoms with Gasteiger partial charge in [-0.15, -0.1) is 0 Å². The lowest BCUT2D eigenvalue weighted by Crippen LogP contribution is -2.39. The van der Waals surface area contributed by atoms with E-state index in [-0.39, 0.29) is 12.1 Å². The molecule has 2 aromatic rings. The van der Waals surface area contributed by atoms with Crippen molar-refractivity contribution in [2.24, 2.45) is 0 Å². The lowest BCUT2D eigenvalue weighted by Gasteiger charge is -2.29. The Bertz CT molecular complexity index is 756. The molecule has 2 N–H and O–H groups in total. The van der Waals surface area contributed by atoms with E-state index in [2.05, 4.69) is 54.0 Å². The van der Waals surface area contributed by atoms with Gasteiger partial charge >= 0.3 is 0 Å². The predicted molar refractivity (Wildman–Crippen MR) is 105 cm³/mol. The number of methoxy groups -OCH3 is 1. The van der Waals surface area contributed by atoms with E-state index in [4.69, 9.17) is 9.47 Å². The van der Waals surface area contributed by atoms with Crippen molar-refractivity contribution in [1.82, 2.24) is 10.6 Å². The summed E-state index contributed by atoms with van der Waals surface area (Å²) in [5.74, 6) is 0.909. The van der Waals surface area contributed by atoms with Gasteiger partial charge in [-0.3, -0.25) is 0 Å². The van der Waals surface area contributed by atoms with Crippen molar-refractivity contribution in [2.45, 2.75) is 25.6 Å². The monoisotopic (exact) mass is 350 g/mol. The summed E-state index contributed by atoms with van der Waals surface area (Å²) >= 11 is 0. The normalized spacial score (nSPS) is 15.5. The number of hydrogen-bond donors (Lipinski definition) is 2. The minimum atomic E-state index is 0.139. The Balaban J connectivity index is 1.73. The lowest BCUT2D eigenvalue weighted by atomic mass is 9.99. The van der Waals surface area contributed by atoms with Crippen molar-refractivity contribution in [1.29, 1.82) is 0 Å². The van der Waals surface area contributed by atoms with Gasteiger partial charge in [-0.05, 0) is 30.7 Å². The van der Waals surface area contributed by atoms with E-state index in [0.717, 1.165) is 23.6 Å². The Kier molecular flexibility index (Phi) is 6.34. The third kappa shape index (κ3) is 4.67. The summed E-state index contributed by atoms with van der Waals surface area (Å²) in [6.07, 6.45) is 5.76. The first kappa shape index (κ1) is 18.1. The molecule has 0 amide bonds. The van der Waals surface area contributed by atoms with Crippen LogP contribution in [0.1, 0.15) is 24.1 Å². The van der Waals surface area contributed by atoms with Gasteiger partial charge in [0, 0.05) is 23.8 Å². The molecule has 0 radical (unpaired) electrons. The summed E-state index contributed by atoms with van der Waals surface area (Å²) in [4.78, 5) is 0. The number of rotatable bonds is 8. The Hall–Kier alpha value is -2.72. The van der Waals surface area contributed by atoms with Crippen molar-refractivity contribution in [3.63, 3.8) is 0 Å². The first-order valence-electron chi connectivity index (χ1n) is 8.93. The fourth-order valence-corrected chi connectivity index (χ4v) is 3.06. The van der Waals surface area contributed by atoms with E-state index in [1.54, 1.807) is 13.4 Å². The standard InChI is InChI=1S/C22H26N2O2/c1-17(23-16-19-10-6-7-11-21(19)25-2)22(18-8-4-3-5-9-18)24-20-12-14-26-15-13-20/h3-14,17,22-24H,15-16H2,1-2H3. The summed E-state index contributed by atoms with van der Waals surface area (Å²) in [6, 6.07) is 19.0. The molecule has 0 bridgehead atoms. The number of benzene rings is 2. The number of allylic oxidation sites excluding steroid dienone is 1. The summed E-state index contributed by atoms with van der Waals surface area (Å²) in [7, 11) is 1.71. The molecule has 1 heterocycles. The quantitative estimate of drug-likeness (QED) is 0.757. The van der Waals surface area contributed by atoms with E-state index in [9.17, 15) is 0 Å². The van der Waals surface area contributed by atoms with Gasteiger partial charge in [0.15, 0.2) is 0 Å². The largest absolute Gasteiger partial charge is 0.497 e. The second-order valence-corrected chi connectivity index (χ2v) is 6.31.